The van der Waals surface area contributed by atoms with Crippen LogP contribution in [0.25, 0.3) is 34.3 Å². The van der Waals surface area contributed by atoms with Gasteiger partial charge in [-0.05, 0) is 76.6 Å². The lowest BCUT2D eigenvalue weighted by atomic mass is 10.1. The average Bonchev–Trinajstić information content (AvgIpc) is 3.50. The molecule has 1 aliphatic heterocycles. The maximum atomic E-state index is 13.4. The minimum absolute atomic E-state index is 0.335. The highest BCUT2D eigenvalue weighted by molar-refractivity contribution is 8.19. The van der Waals surface area contributed by atoms with Crippen molar-refractivity contribution in [2.75, 3.05) is 4.90 Å². The van der Waals surface area contributed by atoms with Gasteiger partial charge >= 0.3 is 0 Å². The van der Waals surface area contributed by atoms with Crippen LogP contribution in [0, 0.1) is 4.91 Å². The van der Waals surface area contributed by atoms with Crippen molar-refractivity contribution >= 4 is 40.4 Å². The van der Waals surface area contributed by atoms with E-state index >= 15 is 0 Å². The van der Waals surface area contributed by atoms with E-state index in [0.717, 1.165) is 45.5 Å². The lowest BCUT2D eigenvalue weighted by Gasteiger charge is -2.15. The first-order chi connectivity index (χ1) is 19.1. The lowest BCUT2D eigenvalue weighted by molar-refractivity contribution is -0.113. The van der Waals surface area contributed by atoms with E-state index in [9.17, 15) is 14.5 Å². The fourth-order valence-corrected chi connectivity index (χ4v) is 5.52. The second kappa shape index (κ2) is 10.4. The number of hydrogen-bond acceptors (Lipinski definition) is 5. The molecule has 0 N–H and O–H groups in total. The number of para-hydroxylation sites is 1. The number of nitroso groups, excluding NO2 is 1. The van der Waals surface area contributed by atoms with Crippen LogP contribution >= 0.6 is 11.8 Å². The maximum Gasteiger partial charge on any atom is 0.298 e. The number of imide groups is 1. The number of aromatic nitrogens is 1. The molecule has 2 amide bonds. The lowest BCUT2D eigenvalue weighted by Crippen LogP contribution is -2.27. The van der Waals surface area contributed by atoms with Crippen LogP contribution in [0.4, 0.5) is 16.2 Å². The molecule has 1 aromatic heterocycles. The van der Waals surface area contributed by atoms with Crippen molar-refractivity contribution in [2.24, 2.45) is 5.18 Å². The van der Waals surface area contributed by atoms with E-state index in [1.807, 2.05) is 84.9 Å². The van der Waals surface area contributed by atoms with E-state index in [1.54, 1.807) is 42.5 Å². The number of amides is 2. The summed E-state index contributed by atoms with van der Waals surface area (Å²) in [4.78, 5) is 39.0. The largest absolute Gasteiger partial charge is 0.309 e. The summed E-state index contributed by atoms with van der Waals surface area (Å²) in [5.41, 5.74) is 6.16. The molecule has 188 valence electrons. The summed E-state index contributed by atoms with van der Waals surface area (Å²) in [6.07, 6.45) is 1.79. The number of thioether (sulfide) groups is 1. The maximum absolute atomic E-state index is 13.4. The quantitative estimate of drug-likeness (QED) is 0.164. The minimum Gasteiger partial charge on any atom is -0.309 e. The van der Waals surface area contributed by atoms with E-state index in [4.69, 9.17) is 0 Å². The Morgan fingerprint density at radius 2 is 1.26 bits per heavy atom. The molecule has 0 spiro atoms. The van der Waals surface area contributed by atoms with Gasteiger partial charge in [0.2, 0.25) is 0 Å². The van der Waals surface area contributed by atoms with Crippen molar-refractivity contribution in [3.8, 4) is 28.2 Å². The molecule has 0 atom stereocenters. The van der Waals surface area contributed by atoms with E-state index in [2.05, 4.69) is 9.74 Å². The number of benzene rings is 4. The Morgan fingerprint density at radius 1 is 0.667 bits per heavy atom. The van der Waals surface area contributed by atoms with Gasteiger partial charge in [-0.25, -0.2) is 4.90 Å². The highest BCUT2D eigenvalue weighted by atomic mass is 32.2. The number of anilines is 1. The van der Waals surface area contributed by atoms with Crippen molar-refractivity contribution in [3.05, 3.63) is 137 Å². The SMILES string of the molecule is O=Nc1ccc(-n2c(-c3ccccc3)cc(C=C3SC(=O)N(c4ccccc4)C3=O)c2-c2ccccc2)cc1. The van der Waals surface area contributed by atoms with E-state index in [-0.39, 0.29) is 11.1 Å². The van der Waals surface area contributed by atoms with Crippen molar-refractivity contribution in [2.45, 2.75) is 0 Å². The Balaban J connectivity index is 1.57. The van der Waals surface area contributed by atoms with Gasteiger partial charge in [0.25, 0.3) is 11.1 Å². The van der Waals surface area contributed by atoms with Crippen LogP contribution in [-0.4, -0.2) is 15.7 Å². The third kappa shape index (κ3) is 4.60. The molecule has 1 aliphatic rings. The van der Waals surface area contributed by atoms with Gasteiger partial charge in [-0.15, -0.1) is 4.91 Å². The Labute approximate surface area is 229 Å². The highest BCUT2D eigenvalue weighted by Crippen LogP contribution is 2.41. The van der Waals surface area contributed by atoms with Crippen molar-refractivity contribution < 1.29 is 9.59 Å². The molecule has 0 unspecified atom stereocenters. The number of rotatable bonds is 6. The van der Waals surface area contributed by atoms with Gasteiger partial charge in [-0.3, -0.25) is 9.59 Å². The third-order valence-electron chi connectivity index (χ3n) is 6.45. The van der Waals surface area contributed by atoms with Crippen molar-refractivity contribution in [1.29, 1.82) is 0 Å². The normalized spacial score (nSPS) is 14.3. The van der Waals surface area contributed by atoms with Crippen LogP contribution in [0.15, 0.2) is 131 Å². The van der Waals surface area contributed by atoms with Crippen LogP contribution < -0.4 is 4.90 Å². The fraction of sp³-hybridized carbons (Fsp3) is 0. The molecule has 39 heavy (non-hydrogen) atoms. The van der Waals surface area contributed by atoms with Gasteiger partial charge in [-0.2, -0.15) is 0 Å². The summed E-state index contributed by atoms with van der Waals surface area (Å²) in [5, 5.41) is 2.71. The monoisotopic (exact) mass is 527 g/mol. The molecule has 5 aromatic rings. The predicted molar refractivity (Wildman–Crippen MR) is 157 cm³/mol. The zero-order valence-corrected chi connectivity index (χ0v) is 21.4. The molecule has 0 bridgehead atoms. The second-order valence-electron chi connectivity index (χ2n) is 8.86. The van der Waals surface area contributed by atoms with Crippen LogP contribution in [0.2, 0.25) is 0 Å². The number of carbonyl (C=O) groups is 2. The summed E-state index contributed by atoms with van der Waals surface area (Å²) in [5.74, 6) is -0.356. The van der Waals surface area contributed by atoms with Gasteiger partial charge in [0, 0.05) is 11.3 Å². The van der Waals surface area contributed by atoms with Crippen LogP contribution in [0.3, 0.4) is 0 Å². The molecule has 4 aromatic carbocycles. The van der Waals surface area contributed by atoms with Gasteiger partial charge in [0.15, 0.2) is 0 Å². The van der Waals surface area contributed by atoms with Crippen LogP contribution in [0.5, 0.6) is 0 Å². The fourth-order valence-electron chi connectivity index (χ4n) is 4.69. The van der Waals surface area contributed by atoms with E-state index < -0.39 is 0 Å². The third-order valence-corrected chi connectivity index (χ3v) is 7.32. The number of carbonyl (C=O) groups excluding carboxylic acids is 2. The summed E-state index contributed by atoms with van der Waals surface area (Å²) in [6, 6.07) is 37.8. The molecule has 0 saturated carbocycles. The topological polar surface area (TPSA) is 71.7 Å². The van der Waals surface area contributed by atoms with Crippen LogP contribution in [-0.2, 0) is 4.79 Å². The molecule has 1 saturated heterocycles. The van der Waals surface area contributed by atoms with E-state index in [1.165, 1.54) is 4.90 Å². The Kier molecular flexibility index (Phi) is 6.49. The van der Waals surface area contributed by atoms with Crippen molar-refractivity contribution in [3.63, 3.8) is 0 Å². The van der Waals surface area contributed by atoms with E-state index in [0.29, 0.717) is 16.3 Å². The first-order valence-electron chi connectivity index (χ1n) is 12.3. The number of hydrogen-bond donors (Lipinski definition) is 0. The molecule has 6 rings (SSSR count). The van der Waals surface area contributed by atoms with Gasteiger partial charge in [0.1, 0.15) is 5.69 Å². The molecule has 6 nitrogen and oxygen atoms in total. The van der Waals surface area contributed by atoms with Gasteiger partial charge in [-0.1, -0.05) is 78.9 Å². The average molecular weight is 528 g/mol. The van der Waals surface area contributed by atoms with Crippen LogP contribution in [0.1, 0.15) is 5.56 Å². The summed E-state index contributed by atoms with van der Waals surface area (Å²) < 4.78 is 2.10. The molecule has 0 aliphatic carbocycles. The Hall–Kier alpha value is -5.01. The molecule has 2 heterocycles. The molecule has 1 fully saturated rings. The van der Waals surface area contributed by atoms with Gasteiger partial charge < -0.3 is 4.57 Å². The summed E-state index contributed by atoms with van der Waals surface area (Å²) in [7, 11) is 0. The molecular formula is C32H21N3O3S. The summed E-state index contributed by atoms with van der Waals surface area (Å²) >= 11 is 0.929. The number of nitrogens with zero attached hydrogens (tertiary/aromatic N) is 3. The molecule has 7 heteroatoms. The summed E-state index contributed by atoms with van der Waals surface area (Å²) in [6.45, 7) is 0. The Morgan fingerprint density at radius 3 is 1.87 bits per heavy atom. The minimum atomic E-state index is -0.356. The predicted octanol–water partition coefficient (Wildman–Crippen LogP) is 8.45. The standard InChI is InChI=1S/C32H21N3O3S/c36-31-29(39-32(37)35(31)26-14-8-3-9-15-26)21-24-20-28(22-10-4-1-5-11-22)34(27-18-16-25(33-38)17-19-27)30(24)23-12-6-2-7-13-23/h1-21H. The van der Waals surface area contributed by atoms with Gasteiger partial charge in [0.05, 0.1) is 22.0 Å². The molecule has 0 radical (unpaired) electrons. The Bertz CT molecular complexity index is 1710. The zero-order chi connectivity index (χ0) is 26.8. The second-order valence-corrected chi connectivity index (χ2v) is 9.85. The first kappa shape index (κ1) is 24.3. The zero-order valence-electron chi connectivity index (χ0n) is 20.6. The van der Waals surface area contributed by atoms with Crippen molar-refractivity contribution in [1.82, 2.24) is 4.57 Å². The first-order valence-corrected chi connectivity index (χ1v) is 13.1. The highest BCUT2D eigenvalue weighted by Gasteiger charge is 2.36. The smallest absolute Gasteiger partial charge is 0.298 e. The molecular weight excluding hydrogens is 506 g/mol.